The first-order valence-electron chi connectivity index (χ1n) is 4.40. The molecule has 0 saturated heterocycles. The van der Waals surface area contributed by atoms with Crippen molar-refractivity contribution in [1.29, 1.82) is 0 Å². The number of aliphatic hydroxyl groups excluding tert-OH is 1. The minimum absolute atomic E-state index is 0.146. The third kappa shape index (κ3) is 2.05. The Bertz CT molecular complexity index is 245. The summed E-state index contributed by atoms with van der Waals surface area (Å²) in [5.74, 6) is 0. The molecule has 1 aromatic rings. The standard InChI is InChI=1S/C9H15NOS/c1-3-5-7-8(6-11)12-9(4-2)10-7/h11H,3-6H2,1-2H3. The minimum atomic E-state index is 0.146. The van der Waals surface area contributed by atoms with Gasteiger partial charge in [-0.15, -0.1) is 11.3 Å². The highest BCUT2D eigenvalue weighted by molar-refractivity contribution is 7.11. The van der Waals surface area contributed by atoms with E-state index < -0.39 is 0 Å². The lowest BCUT2D eigenvalue weighted by molar-refractivity contribution is 0.284. The molecule has 0 radical (unpaired) electrons. The zero-order valence-electron chi connectivity index (χ0n) is 7.63. The summed E-state index contributed by atoms with van der Waals surface area (Å²) in [6.45, 7) is 4.37. The number of nitrogens with zero attached hydrogens (tertiary/aromatic N) is 1. The first-order chi connectivity index (χ1) is 5.81. The van der Waals surface area contributed by atoms with Crippen molar-refractivity contribution >= 4 is 11.3 Å². The van der Waals surface area contributed by atoms with Crippen molar-refractivity contribution in [2.24, 2.45) is 0 Å². The second-order valence-corrected chi connectivity index (χ2v) is 3.91. The lowest BCUT2D eigenvalue weighted by Crippen LogP contribution is -1.90. The first-order valence-corrected chi connectivity index (χ1v) is 5.21. The molecular formula is C9H15NOS. The van der Waals surface area contributed by atoms with E-state index in [9.17, 15) is 0 Å². The summed E-state index contributed by atoms with van der Waals surface area (Å²) in [7, 11) is 0. The van der Waals surface area contributed by atoms with Crippen molar-refractivity contribution in [3.8, 4) is 0 Å². The van der Waals surface area contributed by atoms with Gasteiger partial charge in [0.2, 0.25) is 0 Å². The molecule has 0 aliphatic heterocycles. The quantitative estimate of drug-likeness (QED) is 0.779. The summed E-state index contributed by atoms with van der Waals surface area (Å²) < 4.78 is 0. The van der Waals surface area contributed by atoms with Gasteiger partial charge in [-0.1, -0.05) is 20.3 Å². The number of thiazole rings is 1. The van der Waals surface area contributed by atoms with E-state index in [0.29, 0.717) is 0 Å². The average molecular weight is 185 g/mol. The van der Waals surface area contributed by atoms with Crippen molar-refractivity contribution < 1.29 is 5.11 Å². The van der Waals surface area contributed by atoms with Crippen molar-refractivity contribution in [3.63, 3.8) is 0 Å². The predicted octanol–water partition coefficient (Wildman–Crippen LogP) is 2.15. The summed E-state index contributed by atoms with van der Waals surface area (Å²) in [4.78, 5) is 5.50. The van der Waals surface area contributed by atoms with E-state index in [1.54, 1.807) is 11.3 Å². The molecule has 0 spiro atoms. The lowest BCUT2D eigenvalue weighted by Gasteiger charge is -1.94. The first kappa shape index (κ1) is 9.68. The smallest absolute Gasteiger partial charge is 0.0929 e. The fourth-order valence-electron chi connectivity index (χ4n) is 1.14. The van der Waals surface area contributed by atoms with Gasteiger partial charge in [-0.05, 0) is 12.8 Å². The molecule has 0 bridgehead atoms. The van der Waals surface area contributed by atoms with Crippen molar-refractivity contribution in [2.45, 2.75) is 39.7 Å². The lowest BCUT2D eigenvalue weighted by atomic mass is 10.2. The van der Waals surface area contributed by atoms with Crippen molar-refractivity contribution in [1.82, 2.24) is 4.98 Å². The Balaban J connectivity index is 2.84. The number of aliphatic hydroxyl groups is 1. The molecular weight excluding hydrogens is 170 g/mol. The molecule has 0 fully saturated rings. The Hall–Kier alpha value is -0.410. The van der Waals surface area contributed by atoms with Crippen LogP contribution in [0.25, 0.3) is 0 Å². The van der Waals surface area contributed by atoms with E-state index in [1.807, 2.05) is 0 Å². The fourth-order valence-corrected chi connectivity index (χ4v) is 2.06. The van der Waals surface area contributed by atoms with Crippen LogP contribution >= 0.6 is 11.3 Å². The molecule has 68 valence electrons. The molecule has 2 nitrogen and oxygen atoms in total. The molecule has 3 heteroatoms. The number of hydrogen-bond donors (Lipinski definition) is 1. The Kier molecular flexibility index (Phi) is 3.69. The zero-order chi connectivity index (χ0) is 8.97. The molecule has 0 aliphatic carbocycles. The van der Waals surface area contributed by atoms with Crippen LogP contribution in [0.4, 0.5) is 0 Å². The summed E-state index contributed by atoms with van der Waals surface area (Å²) in [5, 5.41) is 10.2. The van der Waals surface area contributed by atoms with Crippen LogP contribution in [0.2, 0.25) is 0 Å². The van der Waals surface area contributed by atoms with Gasteiger partial charge in [0.15, 0.2) is 0 Å². The molecule has 1 heterocycles. The van der Waals surface area contributed by atoms with Gasteiger partial charge in [0.05, 0.1) is 22.2 Å². The van der Waals surface area contributed by atoms with E-state index in [2.05, 4.69) is 18.8 Å². The second-order valence-electron chi connectivity index (χ2n) is 2.74. The van der Waals surface area contributed by atoms with Gasteiger partial charge in [-0.25, -0.2) is 4.98 Å². The van der Waals surface area contributed by atoms with Gasteiger partial charge in [0, 0.05) is 0 Å². The van der Waals surface area contributed by atoms with E-state index >= 15 is 0 Å². The van der Waals surface area contributed by atoms with E-state index in [0.717, 1.165) is 34.8 Å². The highest BCUT2D eigenvalue weighted by Gasteiger charge is 2.07. The van der Waals surface area contributed by atoms with Crippen LogP contribution in [-0.2, 0) is 19.4 Å². The maximum Gasteiger partial charge on any atom is 0.0929 e. The highest BCUT2D eigenvalue weighted by Crippen LogP contribution is 2.20. The second kappa shape index (κ2) is 4.58. The van der Waals surface area contributed by atoms with Gasteiger partial charge < -0.3 is 5.11 Å². The van der Waals surface area contributed by atoms with Gasteiger partial charge in [-0.3, -0.25) is 0 Å². The van der Waals surface area contributed by atoms with Crippen LogP contribution in [0.5, 0.6) is 0 Å². The monoisotopic (exact) mass is 185 g/mol. The summed E-state index contributed by atoms with van der Waals surface area (Å²) >= 11 is 1.64. The average Bonchev–Trinajstić information content (AvgIpc) is 2.48. The van der Waals surface area contributed by atoms with Crippen LogP contribution in [0.3, 0.4) is 0 Å². The van der Waals surface area contributed by atoms with Gasteiger partial charge >= 0.3 is 0 Å². The Morgan fingerprint density at radius 1 is 1.42 bits per heavy atom. The Morgan fingerprint density at radius 3 is 2.67 bits per heavy atom. The van der Waals surface area contributed by atoms with Crippen molar-refractivity contribution in [3.05, 3.63) is 15.6 Å². The largest absolute Gasteiger partial charge is 0.391 e. The number of aryl methyl sites for hydroxylation is 2. The fraction of sp³-hybridized carbons (Fsp3) is 0.667. The molecule has 1 rings (SSSR count). The highest BCUT2D eigenvalue weighted by atomic mass is 32.1. The molecule has 0 unspecified atom stereocenters. The van der Waals surface area contributed by atoms with Crippen LogP contribution in [0.15, 0.2) is 0 Å². The number of aromatic nitrogens is 1. The van der Waals surface area contributed by atoms with Gasteiger partial charge in [0.25, 0.3) is 0 Å². The topological polar surface area (TPSA) is 33.1 Å². The summed E-state index contributed by atoms with van der Waals surface area (Å²) in [6, 6.07) is 0. The summed E-state index contributed by atoms with van der Waals surface area (Å²) in [5.41, 5.74) is 1.10. The van der Waals surface area contributed by atoms with Gasteiger partial charge in [-0.2, -0.15) is 0 Å². The Labute approximate surface area is 77.3 Å². The minimum Gasteiger partial charge on any atom is -0.391 e. The SMILES string of the molecule is CCCc1nc(CC)sc1CO. The van der Waals surface area contributed by atoms with E-state index in [-0.39, 0.29) is 6.61 Å². The summed E-state index contributed by atoms with van der Waals surface area (Å²) in [6.07, 6.45) is 3.06. The van der Waals surface area contributed by atoms with Gasteiger partial charge in [0.1, 0.15) is 0 Å². The van der Waals surface area contributed by atoms with E-state index in [1.165, 1.54) is 0 Å². The van der Waals surface area contributed by atoms with Crippen LogP contribution < -0.4 is 0 Å². The molecule has 0 saturated carbocycles. The third-order valence-corrected chi connectivity index (χ3v) is 2.98. The number of hydrogen-bond acceptors (Lipinski definition) is 3. The predicted molar refractivity (Wildman–Crippen MR) is 51.4 cm³/mol. The van der Waals surface area contributed by atoms with E-state index in [4.69, 9.17) is 5.11 Å². The molecule has 1 N–H and O–H groups in total. The third-order valence-electron chi connectivity index (χ3n) is 1.76. The number of rotatable bonds is 4. The molecule has 0 aliphatic rings. The maximum atomic E-state index is 9.02. The maximum absolute atomic E-state index is 9.02. The normalized spacial score (nSPS) is 10.6. The zero-order valence-corrected chi connectivity index (χ0v) is 8.45. The molecule has 0 amide bonds. The van der Waals surface area contributed by atoms with Crippen LogP contribution in [0, 0.1) is 0 Å². The van der Waals surface area contributed by atoms with Crippen LogP contribution in [0.1, 0.15) is 35.8 Å². The molecule has 0 atom stereocenters. The Morgan fingerprint density at radius 2 is 2.17 bits per heavy atom. The van der Waals surface area contributed by atoms with Crippen molar-refractivity contribution in [2.75, 3.05) is 0 Å². The molecule has 12 heavy (non-hydrogen) atoms. The van der Waals surface area contributed by atoms with Crippen LogP contribution in [-0.4, -0.2) is 10.1 Å². The molecule has 0 aromatic carbocycles. The molecule has 1 aromatic heterocycles.